The number of benzene rings is 1. The minimum atomic E-state index is -0.292. The van der Waals surface area contributed by atoms with Crippen LogP contribution in [0.15, 0.2) is 28.9 Å². The van der Waals surface area contributed by atoms with Crippen LogP contribution in [-0.2, 0) is 19.7 Å². The van der Waals surface area contributed by atoms with E-state index in [9.17, 15) is 4.79 Å². The van der Waals surface area contributed by atoms with Crippen LogP contribution in [0, 0.1) is 27.7 Å². The van der Waals surface area contributed by atoms with Gasteiger partial charge in [0.2, 0.25) is 0 Å². The number of ether oxygens (including phenoxy) is 1. The number of hydrogen-bond acceptors (Lipinski definition) is 5. The molecule has 1 aromatic carbocycles. The van der Waals surface area contributed by atoms with Gasteiger partial charge in [0, 0.05) is 24.3 Å². The maximum atomic E-state index is 12.6. The molecule has 0 radical (unpaired) electrons. The van der Waals surface area contributed by atoms with Crippen molar-refractivity contribution in [3.63, 3.8) is 0 Å². The predicted molar refractivity (Wildman–Crippen MR) is 105 cm³/mol. The molecule has 2 aromatic heterocycles. The number of aryl methyl sites for hydroxylation is 4. The highest BCUT2D eigenvalue weighted by Crippen LogP contribution is 2.20. The first-order valence-corrected chi connectivity index (χ1v) is 9.34. The quantitative estimate of drug-likeness (QED) is 0.675. The van der Waals surface area contributed by atoms with Crippen molar-refractivity contribution in [2.75, 3.05) is 0 Å². The summed E-state index contributed by atoms with van der Waals surface area (Å²) in [6.07, 6.45) is 1.78. The van der Waals surface area contributed by atoms with Gasteiger partial charge in [0.25, 0.3) is 5.91 Å². The molecule has 0 aliphatic rings. The fourth-order valence-corrected chi connectivity index (χ4v) is 3.15. The minimum absolute atomic E-state index is 0.216. The van der Waals surface area contributed by atoms with E-state index in [0.717, 1.165) is 34.7 Å². The number of aromatic nitrogens is 3. The van der Waals surface area contributed by atoms with Crippen LogP contribution >= 0.6 is 0 Å². The first-order chi connectivity index (χ1) is 13.4. The van der Waals surface area contributed by atoms with Crippen molar-refractivity contribution in [1.29, 1.82) is 0 Å². The molecule has 1 N–H and O–H groups in total. The molecule has 3 rings (SSSR count). The molecule has 7 heteroatoms. The van der Waals surface area contributed by atoms with E-state index >= 15 is 0 Å². The summed E-state index contributed by atoms with van der Waals surface area (Å²) >= 11 is 0. The molecular weight excluding hydrogens is 356 g/mol. The Balaban J connectivity index is 1.69. The molecule has 2 heterocycles. The summed E-state index contributed by atoms with van der Waals surface area (Å²) in [5.74, 6) is 1.04. The number of carbonyl (C=O) groups is 1. The standard InChI is InChI=1S/C21H26N4O3/c1-6-25-15(4)17(11-23-25)10-22-21(26)20-19(16(5)28-24-20)12-27-18-8-13(2)7-14(3)9-18/h7-9,11H,6,10,12H2,1-5H3,(H,22,26). The topological polar surface area (TPSA) is 82.2 Å². The molecule has 0 fully saturated rings. The molecule has 0 saturated carbocycles. The van der Waals surface area contributed by atoms with E-state index < -0.39 is 0 Å². The molecule has 3 aromatic rings. The molecule has 0 spiro atoms. The van der Waals surface area contributed by atoms with Gasteiger partial charge in [-0.3, -0.25) is 9.48 Å². The number of nitrogens with zero attached hydrogens (tertiary/aromatic N) is 3. The number of rotatable bonds is 7. The molecule has 148 valence electrons. The molecule has 0 saturated heterocycles. The molecule has 0 aliphatic heterocycles. The molecule has 0 unspecified atom stereocenters. The zero-order valence-electron chi connectivity index (χ0n) is 17.0. The Morgan fingerprint density at radius 3 is 2.54 bits per heavy atom. The summed E-state index contributed by atoms with van der Waals surface area (Å²) in [5.41, 5.74) is 5.16. The van der Waals surface area contributed by atoms with Crippen LogP contribution in [0.2, 0.25) is 0 Å². The largest absolute Gasteiger partial charge is 0.489 e. The van der Waals surface area contributed by atoms with Crippen LogP contribution in [0.1, 0.15) is 51.1 Å². The Labute approximate surface area is 164 Å². The fraction of sp³-hybridized carbons (Fsp3) is 0.381. The summed E-state index contributed by atoms with van der Waals surface area (Å²) in [6, 6.07) is 6.01. The fourth-order valence-electron chi connectivity index (χ4n) is 3.15. The first-order valence-electron chi connectivity index (χ1n) is 9.34. The van der Waals surface area contributed by atoms with Gasteiger partial charge >= 0.3 is 0 Å². The van der Waals surface area contributed by atoms with E-state index in [0.29, 0.717) is 17.9 Å². The SMILES string of the molecule is CCn1ncc(CNC(=O)c2noc(C)c2COc2cc(C)cc(C)c2)c1C. The maximum absolute atomic E-state index is 12.6. The Bertz CT molecular complexity index is 967. The molecule has 28 heavy (non-hydrogen) atoms. The zero-order chi connectivity index (χ0) is 20.3. The van der Waals surface area contributed by atoms with Crippen molar-refractivity contribution >= 4 is 5.91 Å². The molecular formula is C21H26N4O3. The first kappa shape index (κ1) is 19.7. The van der Waals surface area contributed by atoms with Gasteiger partial charge in [-0.1, -0.05) is 11.2 Å². The highest BCUT2D eigenvalue weighted by atomic mass is 16.5. The molecule has 1 amide bonds. The molecule has 0 atom stereocenters. The van der Waals surface area contributed by atoms with Crippen LogP contribution in [0.5, 0.6) is 5.75 Å². The van der Waals surface area contributed by atoms with Crippen molar-refractivity contribution in [3.8, 4) is 5.75 Å². The van der Waals surface area contributed by atoms with Crippen LogP contribution in [-0.4, -0.2) is 20.8 Å². The van der Waals surface area contributed by atoms with Gasteiger partial charge in [-0.2, -0.15) is 5.10 Å². The predicted octanol–water partition coefficient (Wildman–Crippen LogP) is 3.63. The normalized spacial score (nSPS) is 10.9. The second kappa shape index (κ2) is 8.29. The van der Waals surface area contributed by atoms with Gasteiger partial charge in [0.05, 0.1) is 11.8 Å². The number of nitrogens with one attached hydrogen (secondary N) is 1. The lowest BCUT2D eigenvalue weighted by Gasteiger charge is -2.09. The van der Waals surface area contributed by atoms with Crippen molar-refractivity contribution in [2.24, 2.45) is 0 Å². The van der Waals surface area contributed by atoms with E-state index in [1.54, 1.807) is 13.1 Å². The van der Waals surface area contributed by atoms with Crippen LogP contribution in [0.3, 0.4) is 0 Å². The monoisotopic (exact) mass is 382 g/mol. The Morgan fingerprint density at radius 2 is 1.89 bits per heavy atom. The third-order valence-electron chi connectivity index (χ3n) is 4.72. The van der Waals surface area contributed by atoms with Gasteiger partial charge in [0.15, 0.2) is 5.69 Å². The molecule has 0 aliphatic carbocycles. The Hall–Kier alpha value is -3.09. The lowest BCUT2D eigenvalue weighted by Crippen LogP contribution is -2.25. The average molecular weight is 382 g/mol. The van der Waals surface area contributed by atoms with E-state index in [1.165, 1.54) is 0 Å². The third-order valence-corrected chi connectivity index (χ3v) is 4.72. The van der Waals surface area contributed by atoms with Crippen molar-refractivity contribution in [3.05, 3.63) is 63.8 Å². The van der Waals surface area contributed by atoms with Crippen molar-refractivity contribution < 1.29 is 14.1 Å². The summed E-state index contributed by atoms with van der Waals surface area (Å²) in [4.78, 5) is 12.6. The van der Waals surface area contributed by atoms with Crippen LogP contribution < -0.4 is 10.1 Å². The summed E-state index contributed by atoms with van der Waals surface area (Å²) < 4.78 is 13.0. The zero-order valence-corrected chi connectivity index (χ0v) is 17.0. The minimum Gasteiger partial charge on any atom is -0.489 e. The van der Waals surface area contributed by atoms with Crippen molar-refractivity contribution in [1.82, 2.24) is 20.3 Å². The number of hydrogen-bond donors (Lipinski definition) is 1. The highest BCUT2D eigenvalue weighted by molar-refractivity contribution is 5.93. The summed E-state index contributed by atoms with van der Waals surface area (Å²) in [5, 5.41) is 11.1. The number of carbonyl (C=O) groups excluding carboxylic acids is 1. The lowest BCUT2D eigenvalue weighted by molar-refractivity contribution is 0.0939. The highest BCUT2D eigenvalue weighted by Gasteiger charge is 2.21. The lowest BCUT2D eigenvalue weighted by atomic mass is 10.1. The second-order valence-electron chi connectivity index (χ2n) is 6.93. The maximum Gasteiger partial charge on any atom is 0.274 e. The second-order valence-corrected chi connectivity index (χ2v) is 6.93. The van der Waals surface area contributed by atoms with E-state index in [2.05, 4.69) is 21.6 Å². The van der Waals surface area contributed by atoms with Gasteiger partial charge < -0.3 is 14.6 Å². The van der Waals surface area contributed by atoms with Gasteiger partial charge in [-0.05, 0) is 57.9 Å². The summed E-state index contributed by atoms with van der Waals surface area (Å²) in [7, 11) is 0. The van der Waals surface area contributed by atoms with Gasteiger partial charge in [-0.25, -0.2) is 0 Å². The van der Waals surface area contributed by atoms with E-state index in [1.807, 2.05) is 44.5 Å². The Morgan fingerprint density at radius 1 is 1.18 bits per heavy atom. The van der Waals surface area contributed by atoms with Gasteiger partial charge in [0.1, 0.15) is 18.1 Å². The van der Waals surface area contributed by atoms with E-state index in [4.69, 9.17) is 9.26 Å². The average Bonchev–Trinajstić information content (AvgIpc) is 3.19. The molecule has 0 bridgehead atoms. The number of amides is 1. The van der Waals surface area contributed by atoms with E-state index in [-0.39, 0.29) is 18.2 Å². The van der Waals surface area contributed by atoms with Crippen LogP contribution in [0.25, 0.3) is 0 Å². The molecule has 7 nitrogen and oxygen atoms in total. The van der Waals surface area contributed by atoms with Crippen LogP contribution in [0.4, 0.5) is 0 Å². The Kier molecular flexibility index (Phi) is 5.82. The third kappa shape index (κ3) is 4.24. The van der Waals surface area contributed by atoms with Crippen molar-refractivity contribution in [2.45, 2.75) is 54.3 Å². The van der Waals surface area contributed by atoms with Gasteiger partial charge in [-0.15, -0.1) is 0 Å². The summed E-state index contributed by atoms with van der Waals surface area (Å²) in [6.45, 7) is 11.2. The smallest absolute Gasteiger partial charge is 0.274 e.